The number of amides is 1. The minimum atomic E-state index is -0.789. The van der Waals surface area contributed by atoms with Crippen LogP contribution in [-0.2, 0) is 10.2 Å². The summed E-state index contributed by atoms with van der Waals surface area (Å²) in [6, 6.07) is 3.04. The van der Waals surface area contributed by atoms with Gasteiger partial charge in [0.15, 0.2) is 4.34 Å². The van der Waals surface area contributed by atoms with Crippen LogP contribution in [0.2, 0.25) is 0 Å². The van der Waals surface area contributed by atoms with Gasteiger partial charge in [-0.1, -0.05) is 32.5 Å². The largest absolute Gasteiger partial charge is 0.323 e. The lowest BCUT2D eigenvalue weighted by molar-refractivity contribution is -0.113. The van der Waals surface area contributed by atoms with Crippen molar-refractivity contribution < 1.29 is 13.6 Å². The number of nitrogens with one attached hydrogen (secondary N) is 1. The van der Waals surface area contributed by atoms with Gasteiger partial charge in [0, 0.05) is 16.9 Å². The molecule has 22 heavy (non-hydrogen) atoms. The molecule has 0 aliphatic rings. The van der Waals surface area contributed by atoms with Gasteiger partial charge < -0.3 is 5.32 Å². The molecule has 0 spiro atoms. The van der Waals surface area contributed by atoms with Gasteiger partial charge in [0.2, 0.25) is 5.91 Å². The maximum absolute atomic E-state index is 13.4. The fraction of sp³-hybridized carbons (Fsp3) is 0.333. The van der Waals surface area contributed by atoms with E-state index in [2.05, 4.69) is 31.1 Å². The Balaban J connectivity index is 1.91. The van der Waals surface area contributed by atoms with E-state index >= 15 is 0 Å². The summed E-state index contributed by atoms with van der Waals surface area (Å²) < 4.78 is 27.0. The Morgan fingerprint density at radius 3 is 2.68 bits per heavy atom. The molecule has 0 radical (unpaired) electrons. The lowest BCUT2D eigenvalue weighted by atomic mass is 9.93. The SMILES string of the molecule is CC(C)(C)c1csc(SCC(=O)Nc2ccc(F)cc2F)n1. The van der Waals surface area contributed by atoms with Crippen LogP contribution in [0.1, 0.15) is 26.5 Å². The first-order valence-corrected chi connectivity index (χ1v) is 8.46. The van der Waals surface area contributed by atoms with Crippen molar-refractivity contribution in [3.05, 3.63) is 40.9 Å². The molecule has 3 nitrogen and oxygen atoms in total. The monoisotopic (exact) mass is 342 g/mol. The molecule has 7 heteroatoms. The average molecular weight is 342 g/mol. The number of halogens is 2. The molecule has 0 atom stereocenters. The van der Waals surface area contributed by atoms with E-state index < -0.39 is 11.6 Å². The third kappa shape index (κ3) is 4.51. The molecule has 0 saturated carbocycles. The molecule has 1 heterocycles. The summed E-state index contributed by atoms with van der Waals surface area (Å²) in [6.45, 7) is 6.21. The van der Waals surface area contributed by atoms with Gasteiger partial charge in [0.05, 0.1) is 17.1 Å². The first-order chi connectivity index (χ1) is 10.3. The maximum Gasteiger partial charge on any atom is 0.234 e. The number of hydrogen-bond donors (Lipinski definition) is 1. The zero-order valence-corrected chi connectivity index (χ0v) is 14.1. The number of benzene rings is 1. The molecule has 1 aromatic carbocycles. The lowest BCUT2D eigenvalue weighted by Crippen LogP contribution is -2.15. The van der Waals surface area contributed by atoms with Crippen LogP contribution in [0, 0.1) is 11.6 Å². The molecule has 0 bridgehead atoms. The number of thiazole rings is 1. The van der Waals surface area contributed by atoms with Gasteiger partial charge >= 0.3 is 0 Å². The molecule has 0 unspecified atom stereocenters. The standard InChI is InChI=1S/C15H16F2N2OS2/c1-15(2,3)12-7-21-14(19-12)22-8-13(20)18-11-5-4-9(16)6-10(11)17/h4-7H,8H2,1-3H3,(H,18,20). The van der Waals surface area contributed by atoms with Gasteiger partial charge in [-0.05, 0) is 12.1 Å². The number of rotatable bonds is 4. The quantitative estimate of drug-likeness (QED) is 0.835. The van der Waals surface area contributed by atoms with Crippen molar-refractivity contribution in [2.24, 2.45) is 0 Å². The van der Waals surface area contributed by atoms with E-state index in [9.17, 15) is 13.6 Å². The second-order valence-electron chi connectivity index (χ2n) is 5.71. The zero-order chi connectivity index (χ0) is 16.3. The minimum Gasteiger partial charge on any atom is -0.323 e. The van der Waals surface area contributed by atoms with Crippen LogP contribution in [0.5, 0.6) is 0 Å². The van der Waals surface area contributed by atoms with Gasteiger partial charge in [0.25, 0.3) is 0 Å². The van der Waals surface area contributed by atoms with Crippen molar-refractivity contribution in [2.75, 3.05) is 11.1 Å². The van der Waals surface area contributed by atoms with Crippen LogP contribution >= 0.6 is 23.1 Å². The number of carbonyl (C=O) groups is 1. The summed E-state index contributed by atoms with van der Waals surface area (Å²) in [5.74, 6) is -1.71. The van der Waals surface area contributed by atoms with Crippen molar-refractivity contribution in [1.82, 2.24) is 4.98 Å². The number of nitrogens with zero attached hydrogens (tertiary/aromatic N) is 1. The van der Waals surface area contributed by atoms with Crippen LogP contribution in [0.3, 0.4) is 0 Å². The maximum atomic E-state index is 13.4. The third-order valence-electron chi connectivity index (χ3n) is 2.78. The Morgan fingerprint density at radius 2 is 2.09 bits per heavy atom. The summed E-state index contributed by atoms with van der Waals surface area (Å²) >= 11 is 2.77. The van der Waals surface area contributed by atoms with E-state index in [0.29, 0.717) is 0 Å². The molecular formula is C15H16F2N2OS2. The minimum absolute atomic E-state index is 0.0264. The number of anilines is 1. The molecule has 0 fully saturated rings. The fourth-order valence-corrected chi connectivity index (χ4v) is 3.43. The van der Waals surface area contributed by atoms with Crippen molar-refractivity contribution in [3.8, 4) is 0 Å². The molecule has 1 N–H and O–H groups in total. The summed E-state index contributed by atoms with van der Waals surface area (Å²) in [5, 5.41) is 4.39. The highest BCUT2D eigenvalue weighted by molar-refractivity contribution is 8.01. The number of aromatic nitrogens is 1. The summed E-state index contributed by atoms with van der Waals surface area (Å²) in [6.07, 6.45) is 0. The number of thioether (sulfide) groups is 1. The van der Waals surface area contributed by atoms with Crippen molar-refractivity contribution >= 4 is 34.7 Å². The van der Waals surface area contributed by atoms with Gasteiger partial charge in [-0.15, -0.1) is 11.3 Å². The lowest BCUT2D eigenvalue weighted by Gasteiger charge is -2.14. The second-order valence-corrected chi connectivity index (χ2v) is 7.79. The highest BCUT2D eigenvalue weighted by atomic mass is 32.2. The summed E-state index contributed by atoms with van der Waals surface area (Å²) in [5.41, 5.74) is 0.918. The van der Waals surface area contributed by atoms with Gasteiger partial charge in [0.1, 0.15) is 11.6 Å². The molecule has 0 saturated heterocycles. The van der Waals surface area contributed by atoms with Gasteiger partial charge in [-0.3, -0.25) is 4.79 Å². The third-order valence-corrected chi connectivity index (χ3v) is 4.80. The molecule has 1 amide bonds. The Labute approximate surface area is 136 Å². The highest BCUT2D eigenvalue weighted by Crippen LogP contribution is 2.29. The second kappa shape index (κ2) is 6.75. The summed E-state index contributed by atoms with van der Waals surface area (Å²) in [4.78, 5) is 16.3. The Morgan fingerprint density at radius 1 is 1.36 bits per heavy atom. The van der Waals surface area contributed by atoms with Crippen LogP contribution in [0.25, 0.3) is 0 Å². The number of hydrogen-bond acceptors (Lipinski definition) is 4. The van der Waals surface area contributed by atoms with Crippen LogP contribution < -0.4 is 5.32 Å². The van der Waals surface area contributed by atoms with E-state index in [1.807, 2.05) is 5.38 Å². The predicted molar refractivity (Wildman–Crippen MR) is 86.5 cm³/mol. The first-order valence-electron chi connectivity index (χ1n) is 6.59. The Kier molecular flexibility index (Phi) is 5.18. The van der Waals surface area contributed by atoms with Gasteiger partial charge in [-0.2, -0.15) is 0 Å². The molecule has 2 aromatic rings. The smallest absolute Gasteiger partial charge is 0.234 e. The van der Waals surface area contributed by atoms with E-state index in [1.54, 1.807) is 0 Å². The Bertz CT molecular complexity index is 680. The van der Waals surface area contributed by atoms with E-state index in [4.69, 9.17) is 0 Å². The summed E-state index contributed by atoms with van der Waals surface area (Å²) in [7, 11) is 0. The molecule has 2 rings (SSSR count). The molecule has 0 aliphatic carbocycles. The predicted octanol–water partition coefficient (Wildman–Crippen LogP) is 4.45. The fourth-order valence-electron chi connectivity index (χ4n) is 1.57. The van der Waals surface area contributed by atoms with Crippen molar-refractivity contribution in [1.29, 1.82) is 0 Å². The van der Waals surface area contributed by atoms with E-state index in [1.165, 1.54) is 29.2 Å². The molecule has 0 aliphatic heterocycles. The van der Waals surface area contributed by atoms with Crippen molar-refractivity contribution in [2.45, 2.75) is 30.5 Å². The van der Waals surface area contributed by atoms with Crippen LogP contribution in [0.15, 0.2) is 27.9 Å². The number of carbonyl (C=O) groups excluding carboxylic acids is 1. The molecular weight excluding hydrogens is 326 g/mol. The average Bonchev–Trinajstić information content (AvgIpc) is 2.88. The highest BCUT2D eigenvalue weighted by Gasteiger charge is 2.18. The Hall–Kier alpha value is -1.47. The van der Waals surface area contributed by atoms with E-state index in [0.717, 1.165) is 22.2 Å². The normalized spacial score (nSPS) is 11.5. The molecule has 118 valence electrons. The topological polar surface area (TPSA) is 42.0 Å². The van der Waals surface area contributed by atoms with Crippen molar-refractivity contribution in [3.63, 3.8) is 0 Å². The van der Waals surface area contributed by atoms with Crippen LogP contribution in [-0.4, -0.2) is 16.6 Å². The van der Waals surface area contributed by atoms with Crippen LogP contribution in [0.4, 0.5) is 14.5 Å². The van der Waals surface area contributed by atoms with Gasteiger partial charge in [-0.25, -0.2) is 13.8 Å². The van der Waals surface area contributed by atoms with E-state index in [-0.39, 0.29) is 22.8 Å². The first kappa shape index (κ1) is 16.9. The molecule has 1 aromatic heterocycles. The zero-order valence-electron chi connectivity index (χ0n) is 12.4.